The first kappa shape index (κ1) is 28.6. The number of benzene rings is 1. The number of esters is 1. The van der Waals surface area contributed by atoms with Gasteiger partial charge in [-0.1, -0.05) is 45.4 Å². The molecular formula is C27H42N4O4S. The molecule has 2 fully saturated rings. The molecule has 1 amide bonds. The molecule has 9 heteroatoms. The van der Waals surface area contributed by atoms with Crippen LogP contribution in [-0.4, -0.2) is 47.5 Å². The minimum atomic E-state index is -0.693. The van der Waals surface area contributed by atoms with Crippen LogP contribution in [0.1, 0.15) is 81.5 Å². The van der Waals surface area contributed by atoms with Crippen molar-refractivity contribution in [3.63, 3.8) is 0 Å². The lowest BCUT2D eigenvalue weighted by atomic mass is 9.80. The van der Waals surface area contributed by atoms with E-state index in [9.17, 15) is 14.4 Å². The second-order valence-corrected chi connectivity index (χ2v) is 11.1. The van der Waals surface area contributed by atoms with E-state index in [2.05, 4.69) is 17.6 Å². The lowest BCUT2D eigenvalue weighted by Gasteiger charge is -2.39. The van der Waals surface area contributed by atoms with Crippen LogP contribution in [0.4, 0.5) is 0 Å². The average molecular weight is 519 g/mol. The highest BCUT2D eigenvalue weighted by molar-refractivity contribution is 8.00. The van der Waals surface area contributed by atoms with Crippen LogP contribution >= 0.6 is 11.8 Å². The van der Waals surface area contributed by atoms with E-state index in [1.54, 1.807) is 24.3 Å². The number of nitrogens with one attached hydrogen (secondary N) is 2. The Kier molecular flexibility index (Phi) is 11.7. The van der Waals surface area contributed by atoms with Gasteiger partial charge in [-0.05, 0) is 62.4 Å². The molecule has 0 aromatic heterocycles. The number of thioether (sulfide) groups is 1. The molecule has 1 heterocycles. The lowest BCUT2D eigenvalue weighted by Crippen LogP contribution is -2.60. The van der Waals surface area contributed by atoms with Gasteiger partial charge in [0.25, 0.3) is 0 Å². The number of rotatable bonds is 13. The van der Waals surface area contributed by atoms with Gasteiger partial charge in [0.15, 0.2) is 5.78 Å². The smallest absolute Gasteiger partial charge is 0.328 e. The van der Waals surface area contributed by atoms with Crippen molar-refractivity contribution in [3.8, 4) is 5.75 Å². The predicted molar refractivity (Wildman–Crippen MR) is 144 cm³/mol. The molecule has 8 nitrogen and oxygen atoms in total. The zero-order valence-corrected chi connectivity index (χ0v) is 22.2. The number of carbonyl (C=O) groups is 3. The second-order valence-electron chi connectivity index (χ2n) is 9.99. The predicted octanol–water partition coefficient (Wildman–Crippen LogP) is 3.33. The topological polar surface area (TPSA) is 137 Å². The molecule has 2 aliphatic rings. The van der Waals surface area contributed by atoms with Crippen molar-refractivity contribution in [2.75, 3.05) is 12.3 Å². The van der Waals surface area contributed by atoms with E-state index >= 15 is 0 Å². The number of Topliss-reactive ketones (excluding diaryl/α,β-unsaturated/α-hetero) is 1. The molecule has 3 rings (SSSR count). The van der Waals surface area contributed by atoms with Gasteiger partial charge in [0, 0.05) is 11.6 Å². The Hall–Kier alpha value is -1.94. The van der Waals surface area contributed by atoms with Crippen LogP contribution in [0.25, 0.3) is 0 Å². The van der Waals surface area contributed by atoms with Crippen molar-refractivity contribution in [2.24, 2.45) is 23.3 Å². The van der Waals surface area contributed by atoms with Crippen LogP contribution in [0, 0.1) is 11.8 Å². The maximum absolute atomic E-state index is 12.8. The first-order chi connectivity index (χ1) is 17.4. The van der Waals surface area contributed by atoms with Crippen molar-refractivity contribution < 1.29 is 19.1 Å². The number of amides is 1. The van der Waals surface area contributed by atoms with Crippen LogP contribution in [0.15, 0.2) is 24.3 Å². The van der Waals surface area contributed by atoms with Gasteiger partial charge in [0.1, 0.15) is 17.3 Å². The molecule has 1 aliphatic carbocycles. The quantitative estimate of drug-likeness (QED) is 0.135. The Labute approximate surface area is 219 Å². The summed E-state index contributed by atoms with van der Waals surface area (Å²) in [7, 11) is 0. The van der Waals surface area contributed by atoms with Crippen LogP contribution in [0.2, 0.25) is 0 Å². The minimum Gasteiger partial charge on any atom is -0.425 e. The van der Waals surface area contributed by atoms with E-state index in [1.165, 1.54) is 43.9 Å². The highest BCUT2D eigenvalue weighted by Gasteiger charge is 2.36. The molecule has 0 bridgehead atoms. The normalized spacial score (nSPS) is 23.6. The van der Waals surface area contributed by atoms with Gasteiger partial charge in [-0.3, -0.25) is 14.9 Å². The zero-order valence-electron chi connectivity index (χ0n) is 21.4. The van der Waals surface area contributed by atoms with Gasteiger partial charge in [-0.2, -0.15) is 0 Å². The molecule has 1 saturated heterocycles. The van der Waals surface area contributed by atoms with Crippen LogP contribution in [0.5, 0.6) is 5.75 Å². The average Bonchev–Trinajstić information content (AvgIpc) is 2.88. The van der Waals surface area contributed by atoms with Gasteiger partial charge in [0.05, 0.1) is 11.7 Å². The molecule has 1 saturated carbocycles. The maximum Gasteiger partial charge on any atom is 0.328 e. The summed E-state index contributed by atoms with van der Waals surface area (Å²) in [6.07, 6.45) is 10.3. The first-order valence-electron chi connectivity index (χ1n) is 13.4. The van der Waals surface area contributed by atoms with Gasteiger partial charge >= 0.3 is 5.97 Å². The van der Waals surface area contributed by atoms with Crippen LogP contribution < -0.4 is 26.8 Å². The molecule has 4 unspecified atom stereocenters. The molecule has 4 atom stereocenters. The summed E-state index contributed by atoms with van der Waals surface area (Å²) in [4.78, 5) is 37.7. The van der Waals surface area contributed by atoms with E-state index in [0.29, 0.717) is 30.2 Å². The fourth-order valence-electron chi connectivity index (χ4n) is 5.11. The van der Waals surface area contributed by atoms with E-state index < -0.39 is 12.0 Å². The number of hydrogen-bond acceptors (Lipinski definition) is 8. The Balaban J connectivity index is 1.48. The summed E-state index contributed by atoms with van der Waals surface area (Å²) in [5.74, 6) is 0.781. The van der Waals surface area contributed by atoms with Crippen molar-refractivity contribution >= 4 is 29.4 Å². The largest absolute Gasteiger partial charge is 0.425 e. The van der Waals surface area contributed by atoms with Gasteiger partial charge < -0.3 is 21.5 Å². The molecule has 6 N–H and O–H groups in total. The zero-order chi connectivity index (χ0) is 25.9. The molecule has 36 heavy (non-hydrogen) atoms. The molecule has 1 aromatic carbocycles. The SMILES string of the molecule is CCC1C(=O)NC(SCC(=O)c2ccc(OC(=O)C(N)CCCCN)cc2)NC1CC1CCCCC1. The fraction of sp³-hybridized carbons (Fsp3) is 0.667. The van der Waals surface area contributed by atoms with Crippen LogP contribution in [-0.2, 0) is 9.59 Å². The lowest BCUT2D eigenvalue weighted by molar-refractivity contribution is -0.136. The van der Waals surface area contributed by atoms with E-state index in [4.69, 9.17) is 16.2 Å². The highest BCUT2D eigenvalue weighted by atomic mass is 32.2. The summed E-state index contributed by atoms with van der Waals surface area (Å²) >= 11 is 1.41. The summed E-state index contributed by atoms with van der Waals surface area (Å²) < 4.78 is 5.33. The highest BCUT2D eigenvalue weighted by Crippen LogP contribution is 2.31. The summed E-state index contributed by atoms with van der Waals surface area (Å²) in [5, 5.41) is 6.64. The number of hydrogen-bond donors (Lipinski definition) is 4. The van der Waals surface area contributed by atoms with Gasteiger partial charge in [0.2, 0.25) is 5.91 Å². The van der Waals surface area contributed by atoms with Crippen molar-refractivity contribution in [1.82, 2.24) is 10.6 Å². The first-order valence-corrected chi connectivity index (χ1v) is 14.4. The Morgan fingerprint density at radius 3 is 2.53 bits per heavy atom. The summed E-state index contributed by atoms with van der Waals surface area (Å²) in [5.41, 5.74) is 11.6. The number of carbonyl (C=O) groups excluding carboxylic acids is 3. The third kappa shape index (κ3) is 8.57. The molecule has 1 aliphatic heterocycles. The minimum absolute atomic E-state index is 0.0245. The molecular weight excluding hydrogens is 476 g/mol. The molecule has 1 aromatic rings. The van der Waals surface area contributed by atoms with Crippen molar-refractivity contribution in [3.05, 3.63) is 29.8 Å². The molecule has 0 spiro atoms. The van der Waals surface area contributed by atoms with Gasteiger partial charge in [-0.15, -0.1) is 11.8 Å². The summed E-state index contributed by atoms with van der Waals surface area (Å²) in [6.45, 7) is 2.63. The standard InChI is InChI=1S/C27H42N4O4S/c1-2-21-23(16-18-8-4-3-5-9-18)30-27(31-25(21)33)36-17-24(32)19-11-13-20(14-12-19)35-26(34)22(29)10-6-7-15-28/h11-14,18,21-23,27,30H,2-10,15-17,28-29H2,1H3,(H,31,33). The number of unbranched alkanes of at least 4 members (excludes halogenated alkanes) is 1. The maximum atomic E-state index is 12.8. The number of nitrogens with two attached hydrogens (primary N) is 2. The molecule has 200 valence electrons. The number of ketones is 1. The monoisotopic (exact) mass is 518 g/mol. The fourth-order valence-corrected chi connectivity index (χ4v) is 6.07. The van der Waals surface area contributed by atoms with Crippen molar-refractivity contribution in [1.29, 1.82) is 0 Å². The van der Waals surface area contributed by atoms with E-state index in [1.807, 2.05) is 0 Å². The number of ether oxygens (including phenoxy) is 1. The second kappa shape index (κ2) is 14.7. The third-order valence-corrected chi connectivity index (χ3v) is 8.28. The third-order valence-electron chi connectivity index (χ3n) is 7.26. The van der Waals surface area contributed by atoms with Crippen molar-refractivity contribution in [2.45, 2.75) is 88.7 Å². The van der Waals surface area contributed by atoms with E-state index in [0.717, 1.165) is 25.7 Å². The Morgan fingerprint density at radius 2 is 1.86 bits per heavy atom. The van der Waals surface area contributed by atoms with Crippen LogP contribution in [0.3, 0.4) is 0 Å². The van der Waals surface area contributed by atoms with Gasteiger partial charge in [-0.25, -0.2) is 4.79 Å². The summed E-state index contributed by atoms with van der Waals surface area (Å²) in [6, 6.07) is 5.97. The Bertz CT molecular complexity index is 860. The van der Waals surface area contributed by atoms with E-state index in [-0.39, 0.29) is 34.9 Å². The Morgan fingerprint density at radius 1 is 1.14 bits per heavy atom. The molecule has 0 radical (unpaired) electrons.